The molecule has 0 aliphatic heterocycles. The molecule has 0 unspecified atom stereocenters. The average molecular weight is 277 g/mol. The van der Waals surface area contributed by atoms with E-state index in [0.717, 1.165) is 4.90 Å². The van der Waals surface area contributed by atoms with Crippen LogP contribution in [0, 0.1) is 11.3 Å². The van der Waals surface area contributed by atoms with Gasteiger partial charge in [0.25, 0.3) is 0 Å². The Bertz CT molecular complexity index is 519. The fourth-order valence-corrected chi connectivity index (χ4v) is 1.57. The lowest BCUT2D eigenvalue weighted by atomic mass is 10.2. The number of nitrogens with zero attached hydrogens (tertiary/aromatic N) is 2. The van der Waals surface area contributed by atoms with Crippen molar-refractivity contribution in [2.75, 3.05) is 31.6 Å². The summed E-state index contributed by atoms with van der Waals surface area (Å²) in [4.78, 5) is 24.7. The van der Waals surface area contributed by atoms with E-state index >= 15 is 0 Å². The van der Waals surface area contributed by atoms with E-state index in [1.165, 1.54) is 12.1 Å². The summed E-state index contributed by atoms with van der Waals surface area (Å²) in [5.41, 5.74) is 0.478. The molecule has 0 aliphatic carbocycles. The Morgan fingerprint density at radius 1 is 1.20 bits per heavy atom. The largest absolute Gasteiger partial charge is 0.395 e. The van der Waals surface area contributed by atoms with E-state index in [1.54, 1.807) is 12.1 Å². The van der Waals surface area contributed by atoms with Crippen LogP contribution in [0.1, 0.15) is 5.56 Å². The highest BCUT2D eigenvalue weighted by Gasteiger charge is 2.21. The Labute approximate surface area is 116 Å². The third-order valence-corrected chi connectivity index (χ3v) is 2.52. The third-order valence-electron chi connectivity index (χ3n) is 2.52. The zero-order valence-corrected chi connectivity index (χ0v) is 10.7. The normalized spacial score (nSPS) is 9.65. The molecule has 3 N–H and O–H groups in total. The topological polar surface area (TPSA) is 114 Å². The molecule has 2 amide bonds. The molecular formula is C13H15N3O4. The first-order chi connectivity index (χ1) is 9.63. The van der Waals surface area contributed by atoms with Crippen LogP contribution in [0.4, 0.5) is 5.69 Å². The number of nitriles is 1. The Kier molecular flexibility index (Phi) is 6.16. The van der Waals surface area contributed by atoms with Gasteiger partial charge in [0.15, 0.2) is 0 Å². The molecule has 0 radical (unpaired) electrons. The van der Waals surface area contributed by atoms with E-state index in [4.69, 9.17) is 15.5 Å². The van der Waals surface area contributed by atoms with Crippen LogP contribution < -0.4 is 5.32 Å². The Hall–Kier alpha value is -2.43. The Morgan fingerprint density at radius 2 is 1.80 bits per heavy atom. The van der Waals surface area contributed by atoms with Crippen molar-refractivity contribution in [1.29, 1.82) is 5.26 Å². The van der Waals surface area contributed by atoms with Crippen molar-refractivity contribution in [1.82, 2.24) is 4.90 Å². The highest BCUT2D eigenvalue weighted by molar-refractivity contribution is 6.39. The molecule has 106 valence electrons. The highest BCUT2D eigenvalue weighted by Crippen LogP contribution is 2.13. The monoisotopic (exact) mass is 277 g/mol. The van der Waals surface area contributed by atoms with E-state index in [-0.39, 0.29) is 37.6 Å². The molecule has 0 aliphatic rings. The van der Waals surface area contributed by atoms with Crippen molar-refractivity contribution < 1.29 is 19.8 Å². The number of amides is 2. The highest BCUT2D eigenvalue weighted by atomic mass is 16.3. The molecule has 7 heteroatoms. The quantitative estimate of drug-likeness (QED) is 0.616. The minimum Gasteiger partial charge on any atom is -0.395 e. The van der Waals surface area contributed by atoms with Gasteiger partial charge in [0.1, 0.15) is 6.07 Å². The van der Waals surface area contributed by atoms with Crippen LogP contribution in [0.25, 0.3) is 0 Å². The first-order valence-electron chi connectivity index (χ1n) is 5.95. The number of aliphatic hydroxyl groups excluding tert-OH is 2. The number of hydrogen-bond acceptors (Lipinski definition) is 5. The first-order valence-corrected chi connectivity index (χ1v) is 5.95. The number of nitrogens with one attached hydrogen (secondary N) is 1. The molecule has 0 heterocycles. The maximum atomic E-state index is 11.8. The van der Waals surface area contributed by atoms with E-state index in [9.17, 15) is 9.59 Å². The van der Waals surface area contributed by atoms with Crippen molar-refractivity contribution in [3.05, 3.63) is 29.8 Å². The van der Waals surface area contributed by atoms with Crippen LogP contribution in [0.5, 0.6) is 0 Å². The number of para-hydroxylation sites is 1. The van der Waals surface area contributed by atoms with Crippen molar-refractivity contribution in [2.24, 2.45) is 0 Å². The lowest BCUT2D eigenvalue weighted by molar-refractivity contribution is -0.143. The maximum absolute atomic E-state index is 11.8. The van der Waals surface area contributed by atoms with Gasteiger partial charge in [-0.2, -0.15) is 5.26 Å². The van der Waals surface area contributed by atoms with Crippen molar-refractivity contribution >= 4 is 17.5 Å². The molecule has 0 atom stereocenters. The summed E-state index contributed by atoms with van der Waals surface area (Å²) in [6, 6.07) is 8.18. The Balaban J connectivity index is 2.79. The number of carbonyl (C=O) groups excluding carboxylic acids is 2. The zero-order valence-electron chi connectivity index (χ0n) is 10.7. The molecular weight excluding hydrogens is 262 g/mol. The smallest absolute Gasteiger partial charge is 0.313 e. The van der Waals surface area contributed by atoms with Crippen molar-refractivity contribution in [2.45, 2.75) is 0 Å². The number of aliphatic hydroxyl groups is 2. The summed E-state index contributed by atoms with van der Waals surface area (Å²) >= 11 is 0. The minimum absolute atomic E-state index is 0.0489. The van der Waals surface area contributed by atoms with Gasteiger partial charge in [0.05, 0.1) is 24.5 Å². The number of carbonyl (C=O) groups is 2. The number of rotatable bonds is 5. The molecule has 0 saturated heterocycles. The van der Waals surface area contributed by atoms with Crippen LogP contribution in [0.3, 0.4) is 0 Å². The molecule has 0 spiro atoms. The van der Waals surface area contributed by atoms with Crippen LogP contribution >= 0.6 is 0 Å². The van der Waals surface area contributed by atoms with Crippen LogP contribution in [-0.4, -0.2) is 53.2 Å². The van der Waals surface area contributed by atoms with Gasteiger partial charge in [0, 0.05) is 13.1 Å². The minimum atomic E-state index is -0.922. The SMILES string of the molecule is N#Cc1ccccc1NC(=O)C(=O)N(CCO)CCO. The summed E-state index contributed by atoms with van der Waals surface area (Å²) < 4.78 is 0. The molecule has 1 aromatic carbocycles. The molecule has 0 saturated carbocycles. The van der Waals surface area contributed by atoms with Gasteiger partial charge in [-0.3, -0.25) is 9.59 Å². The molecule has 1 rings (SSSR count). The summed E-state index contributed by atoms with van der Waals surface area (Å²) in [6.07, 6.45) is 0. The predicted molar refractivity (Wildman–Crippen MR) is 70.5 cm³/mol. The van der Waals surface area contributed by atoms with E-state index in [1.807, 2.05) is 6.07 Å². The zero-order chi connectivity index (χ0) is 15.0. The predicted octanol–water partition coefficient (Wildman–Crippen LogP) is -0.690. The fraction of sp³-hybridized carbons (Fsp3) is 0.308. The fourth-order valence-electron chi connectivity index (χ4n) is 1.57. The number of benzene rings is 1. The summed E-state index contributed by atoms with van der Waals surface area (Å²) in [6.45, 7) is -0.721. The molecule has 0 fully saturated rings. The van der Waals surface area contributed by atoms with Gasteiger partial charge in [-0.05, 0) is 12.1 Å². The van der Waals surface area contributed by atoms with E-state index < -0.39 is 11.8 Å². The van der Waals surface area contributed by atoms with Crippen LogP contribution in [0.15, 0.2) is 24.3 Å². The van der Waals surface area contributed by atoms with Gasteiger partial charge in [-0.15, -0.1) is 0 Å². The summed E-state index contributed by atoms with van der Waals surface area (Å²) in [5, 5.41) is 28.9. The molecule has 0 bridgehead atoms. The van der Waals surface area contributed by atoms with E-state index in [2.05, 4.69) is 5.32 Å². The number of anilines is 1. The standard InChI is InChI=1S/C13H15N3O4/c14-9-10-3-1-2-4-11(10)15-12(19)13(20)16(5-7-17)6-8-18/h1-4,17-18H,5-8H2,(H,15,19). The van der Waals surface area contributed by atoms with Crippen LogP contribution in [-0.2, 0) is 9.59 Å². The van der Waals surface area contributed by atoms with Crippen LogP contribution in [0.2, 0.25) is 0 Å². The first kappa shape index (κ1) is 15.6. The second-order valence-corrected chi connectivity index (χ2v) is 3.85. The van der Waals surface area contributed by atoms with Gasteiger partial charge in [-0.1, -0.05) is 12.1 Å². The second-order valence-electron chi connectivity index (χ2n) is 3.85. The number of hydrogen-bond donors (Lipinski definition) is 3. The van der Waals surface area contributed by atoms with Gasteiger partial charge in [0.2, 0.25) is 0 Å². The van der Waals surface area contributed by atoms with E-state index in [0.29, 0.717) is 0 Å². The third kappa shape index (κ3) is 4.05. The van der Waals surface area contributed by atoms with Gasteiger partial charge in [-0.25, -0.2) is 0 Å². The molecule has 0 aromatic heterocycles. The molecule has 1 aromatic rings. The van der Waals surface area contributed by atoms with Gasteiger partial charge >= 0.3 is 11.8 Å². The lowest BCUT2D eigenvalue weighted by Gasteiger charge is -2.19. The van der Waals surface area contributed by atoms with Crippen molar-refractivity contribution in [3.8, 4) is 6.07 Å². The summed E-state index contributed by atoms with van der Waals surface area (Å²) in [7, 11) is 0. The average Bonchev–Trinajstić information content (AvgIpc) is 2.46. The summed E-state index contributed by atoms with van der Waals surface area (Å²) in [5.74, 6) is -1.80. The molecule has 20 heavy (non-hydrogen) atoms. The van der Waals surface area contributed by atoms with Crippen molar-refractivity contribution in [3.63, 3.8) is 0 Å². The second kappa shape index (κ2) is 7.89. The lowest BCUT2D eigenvalue weighted by Crippen LogP contribution is -2.42. The maximum Gasteiger partial charge on any atom is 0.313 e. The molecule has 7 nitrogen and oxygen atoms in total. The van der Waals surface area contributed by atoms with Gasteiger partial charge < -0.3 is 20.4 Å². The Morgan fingerprint density at radius 3 is 2.35 bits per heavy atom.